The van der Waals surface area contributed by atoms with Crippen molar-refractivity contribution in [3.05, 3.63) is 23.3 Å². The van der Waals surface area contributed by atoms with E-state index in [-0.39, 0.29) is 11.8 Å². The zero-order chi connectivity index (χ0) is 12.6. The summed E-state index contributed by atoms with van der Waals surface area (Å²) in [5, 5.41) is 0. The van der Waals surface area contributed by atoms with Gasteiger partial charge in [0.1, 0.15) is 0 Å². The third-order valence-electron chi connectivity index (χ3n) is 3.16. The van der Waals surface area contributed by atoms with Crippen molar-refractivity contribution in [2.75, 3.05) is 10.6 Å². The highest BCUT2D eigenvalue weighted by atomic mass is 16.2. The molecule has 1 aromatic carbocycles. The van der Waals surface area contributed by atoms with Gasteiger partial charge in [0.15, 0.2) is 0 Å². The quantitative estimate of drug-likeness (QED) is 0.594. The van der Waals surface area contributed by atoms with Crippen molar-refractivity contribution in [3.63, 3.8) is 0 Å². The van der Waals surface area contributed by atoms with Crippen LogP contribution in [0.2, 0.25) is 0 Å². The Kier molecular flexibility index (Phi) is 2.88. The summed E-state index contributed by atoms with van der Waals surface area (Å²) in [5.41, 5.74) is 9.00. The smallest absolute Gasteiger partial charge is 0.233 e. The molecule has 2 rings (SSSR count). The van der Waals surface area contributed by atoms with Crippen molar-refractivity contribution in [2.45, 2.75) is 33.1 Å². The van der Waals surface area contributed by atoms with E-state index < -0.39 is 0 Å². The van der Waals surface area contributed by atoms with E-state index in [1.165, 1.54) is 4.90 Å². The molecule has 17 heavy (non-hydrogen) atoms. The van der Waals surface area contributed by atoms with E-state index in [1.54, 1.807) is 6.07 Å². The van der Waals surface area contributed by atoms with Gasteiger partial charge < -0.3 is 5.73 Å². The molecule has 1 aromatic rings. The van der Waals surface area contributed by atoms with Crippen molar-refractivity contribution in [1.82, 2.24) is 0 Å². The van der Waals surface area contributed by atoms with E-state index in [0.29, 0.717) is 30.6 Å². The molecule has 1 saturated heterocycles. The Balaban J connectivity index is 2.48. The highest BCUT2D eigenvalue weighted by Gasteiger charge is 2.28. The average Bonchev–Trinajstić information content (AvgIpc) is 2.25. The van der Waals surface area contributed by atoms with Crippen LogP contribution in [0.1, 0.15) is 30.4 Å². The van der Waals surface area contributed by atoms with Gasteiger partial charge in [-0.25, -0.2) is 4.90 Å². The van der Waals surface area contributed by atoms with Crippen LogP contribution in [0.25, 0.3) is 0 Å². The van der Waals surface area contributed by atoms with Gasteiger partial charge in [-0.05, 0) is 43.5 Å². The zero-order valence-corrected chi connectivity index (χ0v) is 10.1. The minimum absolute atomic E-state index is 0.156. The van der Waals surface area contributed by atoms with Crippen molar-refractivity contribution in [2.24, 2.45) is 0 Å². The second kappa shape index (κ2) is 4.20. The lowest BCUT2D eigenvalue weighted by atomic mass is 10.0. The van der Waals surface area contributed by atoms with Crippen LogP contribution >= 0.6 is 0 Å². The maximum absolute atomic E-state index is 11.8. The third kappa shape index (κ3) is 2.02. The fourth-order valence-corrected chi connectivity index (χ4v) is 2.04. The van der Waals surface area contributed by atoms with Crippen molar-refractivity contribution in [3.8, 4) is 0 Å². The number of nitrogens with zero attached hydrogens (tertiary/aromatic N) is 1. The minimum atomic E-state index is -0.156. The van der Waals surface area contributed by atoms with Gasteiger partial charge in [0, 0.05) is 12.8 Å². The number of hydrogen-bond donors (Lipinski definition) is 1. The largest absolute Gasteiger partial charge is 0.397 e. The number of nitrogens with two attached hydrogens (primary N) is 1. The molecular formula is C13H16N2O2. The summed E-state index contributed by atoms with van der Waals surface area (Å²) in [6.45, 7) is 3.90. The molecule has 1 fully saturated rings. The number of hydrogen-bond acceptors (Lipinski definition) is 3. The van der Waals surface area contributed by atoms with Gasteiger partial charge >= 0.3 is 0 Å². The highest BCUT2D eigenvalue weighted by molar-refractivity contribution is 6.17. The molecule has 0 aromatic heterocycles. The summed E-state index contributed by atoms with van der Waals surface area (Å²) in [4.78, 5) is 24.8. The van der Waals surface area contributed by atoms with Crippen LogP contribution in [0.4, 0.5) is 11.4 Å². The van der Waals surface area contributed by atoms with E-state index in [4.69, 9.17) is 5.73 Å². The fourth-order valence-electron chi connectivity index (χ4n) is 2.04. The summed E-state index contributed by atoms with van der Waals surface area (Å²) in [6.07, 6.45) is 1.47. The first-order valence-corrected chi connectivity index (χ1v) is 5.73. The highest BCUT2D eigenvalue weighted by Crippen LogP contribution is 2.30. The Labute approximate surface area is 100 Å². The molecule has 2 amide bonds. The molecule has 1 aliphatic heterocycles. The first kappa shape index (κ1) is 11.6. The van der Waals surface area contributed by atoms with Crippen LogP contribution in [0, 0.1) is 13.8 Å². The summed E-state index contributed by atoms with van der Waals surface area (Å²) < 4.78 is 0. The molecule has 2 N–H and O–H groups in total. The monoisotopic (exact) mass is 232 g/mol. The maximum Gasteiger partial charge on any atom is 0.233 e. The Hall–Kier alpha value is -1.84. The molecule has 1 heterocycles. The van der Waals surface area contributed by atoms with Crippen LogP contribution in [-0.2, 0) is 9.59 Å². The molecule has 4 heteroatoms. The molecular weight excluding hydrogens is 216 g/mol. The number of rotatable bonds is 1. The van der Waals surface area contributed by atoms with Gasteiger partial charge in [0.2, 0.25) is 11.8 Å². The Bertz CT molecular complexity index is 478. The number of imide groups is 1. The maximum atomic E-state index is 11.8. The van der Waals surface area contributed by atoms with Crippen molar-refractivity contribution >= 4 is 23.2 Å². The molecule has 4 nitrogen and oxygen atoms in total. The van der Waals surface area contributed by atoms with E-state index in [0.717, 1.165) is 11.1 Å². The average molecular weight is 232 g/mol. The van der Waals surface area contributed by atoms with Crippen LogP contribution in [0.5, 0.6) is 0 Å². The second-order valence-corrected chi connectivity index (χ2v) is 4.47. The standard InChI is InChI=1S/C13H16N2O2/c1-8-6-10(14)11(7-9(8)2)15-12(16)4-3-5-13(15)17/h6-7H,3-5,14H2,1-2H3. The van der Waals surface area contributed by atoms with Gasteiger partial charge in [0.25, 0.3) is 0 Å². The molecule has 0 unspecified atom stereocenters. The number of nitrogen functional groups attached to an aromatic ring is 1. The van der Waals surface area contributed by atoms with E-state index in [9.17, 15) is 9.59 Å². The van der Waals surface area contributed by atoms with E-state index >= 15 is 0 Å². The first-order valence-electron chi connectivity index (χ1n) is 5.73. The van der Waals surface area contributed by atoms with E-state index in [1.807, 2.05) is 19.9 Å². The van der Waals surface area contributed by atoms with Crippen LogP contribution in [-0.4, -0.2) is 11.8 Å². The van der Waals surface area contributed by atoms with Gasteiger partial charge in [0.05, 0.1) is 11.4 Å². The SMILES string of the molecule is Cc1cc(N)c(N2C(=O)CCCC2=O)cc1C. The second-order valence-electron chi connectivity index (χ2n) is 4.47. The lowest BCUT2D eigenvalue weighted by Gasteiger charge is -2.26. The van der Waals surface area contributed by atoms with Gasteiger partial charge in [-0.2, -0.15) is 0 Å². The number of anilines is 2. The predicted molar refractivity (Wildman–Crippen MR) is 66.7 cm³/mol. The summed E-state index contributed by atoms with van der Waals surface area (Å²) in [7, 11) is 0. The number of aryl methyl sites for hydroxylation is 2. The van der Waals surface area contributed by atoms with Gasteiger partial charge in [-0.15, -0.1) is 0 Å². The molecule has 90 valence electrons. The van der Waals surface area contributed by atoms with Crippen LogP contribution in [0.15, 0.2) is 12.1 Å². The van der Waals surface area contributed by atoms with Gasteiger partial charge in [-0.3, -0.25) is 9.59 Å². The lowest BCUT2D eigenvalue weighted by Crippen LogP contribution is -2.40. The predicted octanol–water partition coefficient (Wildman–Crippen LogP) is 1.93. The fraction of sp³-hybridized carbons (Fsp3) is 0.385. The Morgan fingerprint density at radius 2 is 1.59 bits per heavy atom. The van der Waals surface area contributed by atoms with Crippen LogP contribution in [0.3, 0.4) is 0 Å². The number of amides is 2. The number of piperidine rings is 1. The molecule has 1 aliphatic rings. The summed E-state index contributed by atoms with van der Waals surface area (Å²) in [6, 6.07) is 3.62. The number of carbonyl (C=O) groups is 2. The Morgan fingerprint density at radius 1 is 1.06 bits per heavy atom. The Morgan fingerprint density at radius 3 is 2.18 bits per heavy atom. The van der Waals surface area contributed by atoms with Crippen LogP contribution < -0.4 is 10.6 Å². The molecule has 0 aliphatic carbocycles. The minimum Gasteiger partial charge on any atom is -0.397 e. The van der Waals surface area contributed by atoms with Crippen molar-refractivity contribution in [1.29, 1.82) is 0 Å². The molecule has 0 saturated carbocycles. The molecule has 0 bridgehead atoms. The number of benzene rings is 1. The summed E-state index contributed by atoms with van der Waals surface area (Å²) in [5.74, 6) is -0.313. The molecule has 0 spiro atoms. The first-order chi connectivity index (χ1) is 8.00. The normalized spacial score (nSPS) is 16.5. The topological polar surface area (TPSA) is 63.4 Å². The zero-order valence-electron chi connectivity index (χ0n) is 10.1. The summed E-state index contributed by atoms with van der Waals surface area (Å²) >= 11 is 0. The molecule has 0 atom stereocenters. The number of carbonyl (C=O) groups excluding carboxylic acids is 2. The van der Waals surface area contributed by atoms with E-state index in [2.05, 4.69) is 0 Å². The molecule has 0 radical (unpaired) electrons. The lowest BCUT2D eigenvalue weighted by molar-refractivity contribution is -0.129. The van der Waals surface area contributed by atoms with Gasteiger partial charge in [-0.1, -0.05) is 0 Å². The van der Waals surface area contributed by atoms with Crippen molar-refractivity contribution < 1.29 is 9.59 Å². The third-order valence-corrected chi connectivity index (χ3v) is 3.16.